The van der Waals surface area contributed by atoms with Crippen molar-refractivity contribution in [1.29, 1.82) is 0 Å². The predicted octanol–water partition coefficient (Wildman–Crippen LogP) is 7.03. The molecule has 1 aliphatic heterocycles. The fourth-order valence-corrected chi connectivity index (χ4v) is 5.53. The molecule has 0 amide bonds. The number of hydrogen-bond donors (Lipinski definition) is 1. The topological polar surface area (TPSA) is 51.6 Å². The summed E-state index contributed by atoms with van der Waals surface area (Å²) >= 11 is 25.3. The van der Waals surface area contributed by atoms with E-state index in [4.69, 9.17) is 56.5 Å². The second-order valence-electron chi connectivity index (χ2n) is 8.35. The molecule has 0 spiro atoms. The second-order valence-corrected chi connectivity index (χ2v) is 9.99. The van der Waals surface area contributed by atoms with Crippen LogP contribution in [-0.4, -0.2) is 35.0 Å². The molecular weight excluding hydrogens is 551 g/mol. The van der Waals surface area contributed by atoms with Crippen LogP contribution in [-0.2, 0) is 4.74 Å². The lowest BCUT2D eigenvalue weighted by Crippen LogP contribution is -2.30. The van der Waals surface area contributed by atoms with Crippen LogP contribution >= 0.6 is 47.0 Å². The highest BCUT2D eigenvalue weighted by atomic mass is 35.5. The van der Waals surface area contributed by atoms with Gasteiger partial charge in [-0.25, -0.2) is 0 Å². The zero-order valence-electron chi connectivity index (χ0n) is 19.8. The van der Waals surface area contributed by atoms with E-state index in [2.05, 4.69) is 21.3 Å². The van der Waals surface area contributed by atoms with Crippen LogP contribution in [0.25, 0.3) is 5.69 Å². The van der Waals surface area contributed by atoms with Gasteiger partial charge in [-0.3, -0.25) is 4.98 Å². The highest BCUT2D eigenvalue weighted by Gasteiger charge is 2.42. The van der Waals surface area contributed by atoms with Gasteiger partial charge in [-0.15, -0.1) is 0 Å². The Morgan fingerprint density at radius 2 is 1.84 bits per heavy atom. The molecule has 0 saturated carbocycles. The average Bonchev–Trinajstić information content (AvgIpc) is 3.50. The average molecular weight is 574 g/mol. The molecule has 190 valence electrons. The lowest BCUT2D eigenvalue weighted by molar-refractivity contribution is 0.146. The first kappa shape index (κ1) is 25.8. The van der Waals surface area contributed by atoms with E-state index in [9.17, 15) is 0 Å². The summed E-state index contributed by atoms with van der Waals surface area (Å²) in [6, 6.07) is 20.5. The standard InChI is InChI=1S/C27H23Cl3N4O2S/c1-35-13-14-36-24-10-8-18(16-20(24)30)34-26(25(32-27(34)37)21-5-2-3-11-31-21)23-6-4-12-33(23)22-9-7-17(28)15-19(22)29/h2-12,15-16,25-26H,13-14H2,1H3,(H,32,37)/t25-,26-/m1/s1. The van der Waals surface area contributed by atoms with Crippen LogP contribution in [0.2, 0.25) is 15.1 Å². The molecule has 2 aromatic carbocycles. The van der Waals surface area contributed by atoms with E-state index in [1.165, 1.54) is 0 Å². The molecule has 2 aromatic heterocycles. The first-order chi connectivity index (χ1) is 18.0. The van der Waals surface area contributed by atoms with Gasteiger partial charge in [0.15, 0.2) is 5.11 Å². The molecule has 0 radical (unpaired) electrons. The minimum absolute atomic E-state index is 0.232. The smallest absolute Gasteiger partial charge is 0.174 e. The number of ether oxygens (including phenoxy) is 2. The molecule has 2 atom stereocenters. The van der Waals surface area contributed by atoms with Crippen molar-refractivity contribution in [3.8, 4) is 11.4 Å². The highest BCUT2D eigenvalue weighted by molar-refractivity contribution is 7.80. The molecule has 0 aliphatic carbocycles. The minimum Gasteiger partial charge on any atom is -0.490 e. The number of thiocarbonyl (C=S) groups is 1. The second kappa shape index (κ2) is 11.3. The molecule has 4 aromatic rings. The summed E-state index contributed by atoms with van der Waals surface area (Å²) in [6.07, 6.45) is 3.75. The fourth-order valence-electron chi connectivity index (χ4n) is 4.46. The van der Waals surface area contributed by atoms with Crippen LogP contribution in [0.15, 0.2) is 79.1 Å². The van der Waals surface area contributed by atoms with E-state index in [1.54, 1.807) is 19.4 Å². The molecule has 3 heterocycles. The summed E-state index contributed by atoms with van der Waals surface area (Å²) in [5.41, 5.74) is 3.45. The van der Waals surface area contributed by atoms with Gasteiger partial charge in [0, 0.05) is 35.9 Å². The molecule has 37 heavy (non-hydrogen) atoms. The molecule has 1 fully saturated rings. The van der Waals surface area contributed by atoms with Crippen molar-refractivity contribution in [2.75, 3.05) is 25.2 Å². The summed E-state index contributed by atoms with van der Waals surface area (Å²) in [5, 5.41) is 5.62. The summed E-state index contributed by atoms with van der Waals surface area (Å²) < 4.78 is 12.9. The number of halogens is 3. The number of nitrogens with zero attached hydrogens (tertiary/aromatic N) is 3. The molecule has 10 heteroatoms. The Morgan fingerprint density at radius 3 is 2.57 bits per heavy atom. The zero-order chi connectivity index (χ0) is 25.9. The molecule has 1 aliphatic rings. The highest BCUT2D eigenvalue weighted by Crippen LogP contribution is 2.44. The monoisotopic (exact) mass is 572 g/mol. The number of nitrogens with one attached hydrogen (secondary N) is 1. The summed E-state index contributed by atoms with van der Waals surface area (Å²) in [5.74, 6) is 0.578. The van der Waals surface area contributed by atoms with Crippen LogP contribution < -0.4 is 15.0 Å². The van der Waals surface area contributed by atoms with E-state index in [0.29, 0.717) is 39.1 Å². The first-order valence-corrected chi connectivity index (χ1v) is 13.1. The number of anilines is 1. The zero-order valence-corrected chi connectivity index (χ0v) is 22.9. The molecule has 5 rings (SSSR count). The fraction of sp³-hybridized carbons (Fsp3) is 0.185. The number of pyridine rings is 1. The van der Waals surface area contributed by atoms with Crippen LogP contribution in [0.5, 0.6) is 5.75 Å². The molecule has 6 nitrogen and oxygen atoms in total. The summed E-state index contributed by atoms with van der Waals surface area (Å²) in [7, 11) is 1.63. The summed E-state index contributed by atoms with van der Waals surface area (Å²) in [6.45, 7) is 0.870. The van der Waals surface area contributed by atoms with Crippen molar-refractivity contribution >= 4 is 57.8 Å². The van der Waals surface area contributed by atoms with Crippen LogP contribution in [0.4, 0.5) is 5.69 Å². The van der Waals surface area contributed by atoms with E-state index in [0.717, 1.165) is 22.8 Å². The Hall–Kier alpha value is -2.81. The van der Waals surface area contributed by atoms with Crippen molar-refractivity contribution in [3.05, 3.63) is 106 Å². The Balaban J connectivity index is 1.60. The maximum Gasteiger partial charge on any atom is 0.174 e. The third-order valence-electron chi connectivity index (χ3n) is 6.09. The Kier molecular flexibility index (Phi) is 7.88. The molecular formula is C27H23Cl3N4O2S. The van der Waals surface area contributed by atoms with E-state index < -0.39 is 0 Å². The van der Waals surface area contributed by atoms with E-state index in [-0.39, 0.29) is 12.1 Å². The van der Waals surface area contributed by atoms with E-state index >= 15 is 0 Å². The number of rotatable bonds is 8. The van der Waals surface area contributed by atoms with Crippen molar-refractivity contribution in [1.82, 2.24) is 14.9 Å². The lowest BCUT2D eigenvalue weighted by Gasteiger charge is -2.29. The molecule has 0 unspecified atom stereocenters. The normalized spacial score (nSPS) is 17.2. The van der Waals surface area contributed by atoms with Crippen molar-refractivity contribution < 1.29 is 9.47 Å². The SMILES string of the molecule is COCCOc1ccc(N2C(=S)N[C@H](c3ccccn3)[C@H]2c2cccn2-c2ccc(Cl)cc2Cl)cc1Cl. The van der Waals surface area contributed by atoms with Crippen molar-refractivity contribution in [2.45, 2.75) is 12.1 Å². The Labute approximate surface area is 235 Å². The van der Waals surface area contributed by atoms with E-state index in [1.807, 2.05) is 65.4 Å². The minimum atomic E-state index is -0.263. The summed E-state index contributed by atoms with van der Waals surface area (Å²) in [4.78, 5) is 6.68. The quantitative estimate of drug-likeness (QED) is 0.180. The van der Waals surface area contributed by atoms with Crippen LogP contribution in [0.3, 0.4) is 0 Å². The van der Waals surface area contributed by atoms with Crippen LogP contribution in [0.1, 0.15) is 23.5 Å². The maximum atomic E-state index is 6.62. The Morgan fingerprint density at radius 1 is 0.973 bits per heavy atom. The largest absolute Gasteiger partial charge is 0.490 e. The lowest BCUT2D eigenvalue weighted by atomic mass is 10.0. The third-order valence-corrected chi connectivity index (χ3v) is 7.24. The van der Waals surface area contributed by atoms with Gasteiger partial charge in [-0.2, -0.15) is 0 Å². The molecule has 1 N–H and O–H groups in total. The van der Waals surface area contributed by atoms with Gasteiger partial charge in [-0.05, 0) is 72.9 Å². The number of hydrogen-bond acceptors (Lipinski definition) is 4. The number of benzene rings is 2. The van der Waals surface area contributed by atoms with Gasteiger partial charge in [0.25, 0.3) is 0 Å². The third kappa shape index (κ3) is 5.28. The predicted molar refractivity (Wildman–Crippen MR) is 153 cm³/mol. The van der Waals surface area contributed by atoms with Gasteiger partial charge in [0.2, 0.25) is 0 Å². The van der Waals surface area contributed by atoms with Crippen molar-refractivity contribution in [3.63, 3.8) is 0 Å². The number of aromatic nitrogens is 2. The molecule has 0 bridgehead atoms. The first-order valence-electron chi connectivity index (χ1n) is 11.5. The molecule has 1 saturated heterocycles. The maximum absolute atomic E-state index is 6.62. The van der Waals surface area contributed by atoms with Gasteiger partial charge >= 0.3 is 0 Å². The van der Waals surface area contributed by atoms with Gasteiger partial charge in [-0.1, -0.05) is 40.9 Å². The van der Waals surface area contributed by atoms with Crippen LogP contribution in [0, 0.1) is 0 Å². The van der Waals surface area contributed by atoms with Gasteiger partial charge in [0.1, 0.15) is 18.4 Å². The Bertz CT molecular complexity index is 1420. The number of methoxy groups -OCH3 is 1. The van der Waals surface area contributed by atoms with Crippen molar-refractivity contribution in [2.24, 2.45) is 0 Å². The van der Waals surface area contributed by atoms with Gasteiger partial charge in [0.05, 0.1) is 34.1 Å². The van der Waals surface area contributed by atoms with Gasteiger partial charge < -0.3 is 24.3 Å².